The Morgan fingerprint density at radius 1 is 1.50 bits per heavy atom. The molecule has 1 aromatic rings. The van der Waals surface area contributed by atoms with E-state index in [0.717, 1.165) is 12.8 Å². The fourth-order valence-electron chi connectivity index (χ4n) is 2.68. The number of benzene rings is 1. The molecule has 0 fully saturated rings. The van der Waals surface area contributed by atoms with Crippen LogP contribution < -0.4 is 9.84 Å². The van der Waals surface area contributed by atoms with Crippen LogP contribution in [0, 0.1) is 0 Å². The van der Waals surface area contributed by atoms with Gasteiger partial charge >= 0.3 is 0 Å². The van der Waals surface area contributed by atoms with Crippen LogP contribution in [-0.4, -0.2) is 41.8 Å². The number of aliphatic hydroxyl groups is 1. The molecule has 0 spiro atoms. The normalized spacial score (nSPS) is 21.4. The lowest BCUT2D eigenvalue weighted by Crippen LogP contribution is -2.49. The van der Waals surface area contributed by atoms with Crippen LogP contribution in [-0.2, 0) is 0 Å². The zero-order valence-corrected chi connectivity index (χ0v) is 12.8. The van der Waals surface area contributed by atoms with Gasteiger partial charge in [-0.15, -0.1) is 6.58 Å². The predicted molar refractivity (Wildman–Crippen MR) is 82.5 cm³/mol. The number of rotatable bonds is 5. The van der Waals surface area contributed by atoms with Gasteiger partial charge in [0.15, 0.2) is 12.0 Å². The first-order valence-corrected chi connectivity index (χ1v) is 7.32. The van der Waals surface area contributed by atoms with Crippen molar-refractivity contribution in [3.63, 3.8) is 0 Å². The van der Waals surface area contributed by atoms with E-state index in [1.807, 2.05) is 6.92 Å². The number of hydrogen-bond donors (Lipinski definition) is 1. The first-order chi connectivity index (χ1) is 10.5. The number of fused-ring (bicyclic) bond motifs is 1. The molecule has 2 rings (SSSR count). The lowest BCUT2D eigenvalue weighted by molar-refractivity contribution is -0.00619. The van der Waals surface area contributed by atoms with Gasteiger partial charge in [0.2, 0.25) is 0 Å². The molecule has 0 saturated heterocycles. The Hall–Kier alpha value is -2.08. The average molecular weight is 308 g/mol. The van der Waals surface area contributed by atoms with Gasteiger partial charge in [0.25, 0.3) is 5.91 Å². The Morgan fingerprint density at radius 2 is 2.23 bits per heavy atom. The minimum Gasteiger partial charge on any atom is -0.371 e. The molecule has 6 heteroatoms. The van der Waals surface area contributed by atoms with Gasteiger partial charge in [0.05, 0.1) is 17.3 Å². The number of anilines is 1. The van der Waals surface area contributed by atoms with Crippen molar-refractivity contribution < 1.29 is 19.4 Å². The largest absolute Gasteiger partial charge is 0.371 e. The van der Waals surface area contributed by atoms with E-state index in [9.17, 15) is 14.4 Å². The highest BCUT2D eigenvalue weighted by molar-refractivity contribution is 6.01. The summed E-state index contributed by atoms with van der Waals surface area (Å²) in [6, 6.07) is 3.77. The van der Waals surface area contributed by atoms with Gasteiger partial charge in [-0.3, -0.25) is 9.74 Å². The molecule has 1 unspecified atom stereocenters. The van der Waals surface area contributed by atoms with Crippen LogP contribution in [0.15, 0.2) is 30.9 Å². The summed E-state index contributed by atoms with van der Waals surface area (Å²) in [5.41, 5.74) is 0.835. The predicted octanol–water partition coefficient (Wildman–Crippen LogP) is 2.52. The molecule has 0 bridgehead atoms. The van der Waals surface area contributed by atoms with Gasteiger partial charge in [-0.05, 0) is 18.6 Å². The van der Waals surface area contributed by atoms with Gasteiger partial charge in [-0.25, -0.2) is 0 Å². The number of halogens is 1. The van der Waals surface area contributed by atoms with Crippen molar-refractivity contribution >= 4 is 11.6 Å². The van der Waals surface area contributed by atoms with Crippen molar-refractivity contribution in [1.29, 1.82) is 0 Å². The lowest BCUT2D eigenvalue weighted by Gasteiger charge is -2.33. The van der Waals surface area contributed by atoms with Crippen molar-refractivity contribution in [3.05, 3.63) is 36.4 Å². The van der Waals surface area contributed by atoms with E-state index in [0.29, 0.717) is 17.8 Å². The Kier molecular flexibility index (Phi) is 5.03. The number of aliphatic hydroxyl groups excluding tert-OH is 1. The summed E-state index contributed by atoms with van der Waals surface area (Å²) in [7, 11) is 1.65. The molecule has 1 amide bonds. The summed E-state index contributed by atoms with van der Waals surface area (Å²) < 4.78 is 12.4. The molecule has 22 heavy (non-hydrogen) atoms. The third kappa shape index (κ3) is 2.78. The standard InChI is InChI=1S/C16H21FN2O3/c1-4-6-9-19-13(5-2)16(21)18(3)14-10-11(22-17)7-8-12(14)15(19)20/h5,7-8,10,13,16,21H,2,4,6,9H2,1,3H3/t13-,16?/m0/s1. The van der Waals surface area contributed by atoms with Crippen molar-refractivity contribution in [1.82, 2.24) is 4.90 Å². The molecule has 120 valence electrons. The Morgan fingerprint density at radius 3 is 2.82 bits per heavy atom. The van der Waals surface area contributed by atoms with Crippen molar-refractivity contribution in [3.8, 4) is 5.75 Å². The minimum atomic E-state index is -0.964. The number of unbranched alkanes of at least 4 members (excludes halogenated alkanes) is 1. The van der Waals surface area contributed by atoms with Gasteiger partial charge in [0.1, 0.15) is 0 Å². The number of likely N-dealkylation sites (N-methyl/N-ethyl adjacent to an activating group) is 1. The molecule has 5 nitrogen and oxygen atoms in total. The molecular formula is C16H21FN2O3. The summed E-state index contributed by atoms with van der Waals surface area (Å²) in [6.07, 6.45) is 2.36. The minimum absolute atomic E-state index is 0.0113. The molecule has 0 aromatic heterocycles. The summed E-state index contributed by atoms with van der Waals surface area (Å²) >= 11 is 0. The molecule has 0 radical (unpaired) electrons. The number of carbonyl (C=O) groups excluding carboxylic acids is 1. The number of hydrogen-bond acceptors (Lipinski definition) is 4. The maximum atomic E-state index is 12.8. The SMILES string of the molecule is C=C[C@H]1C(O)N(C)c2cc(OF)ccc2C(=O)N1CCCC. The first kappa shape index (κ1) is 16.3. The van der Waals surface area contributed by atoms with Gasteiger partial charge in [-0.2, -0.15) is 0 Å². The van der Waals surface area contributed by atoms with Gasteiger partial charge in [0, 0.05) is 24.2 Å². The molecule has 1 N–H and O–H groups in total. The molecule has 2 atom stereocenters. The molecule has 1 aliphatic heterocycles. The van der Waals surface area contributed by atoms with E-state index < -0.39 is 12.3 Å². The number of carbonyl (C=O) groups is 1. The van der Waals surface area contributed by atoms with E-state index in [1.165, 1.54) is 23.1 Å². The summed E-state index contributed by atoms with van der Waals surface area (Å²) in [5, 5.41) is 10.5. The van der Waals surface area contributed by atoms with Crippen LogP contribution in [0.2, 0.25) is 0 Å². The zero-order chi connectivity index (χ0) is 16.3. The average Bonchev–Trinajstić information content (AvgIpc) is 2.62. The van der Waals surface area contributed by atoms with Gasteiger partial charge < -0.3 is 14.9 Å². The van der Waals surface area contributed by atoms with E-state index in [-0.39, 0.29) is 11.7 Å². The highest BCUT2D eigenvalue weighted by Crippen LogP contribution is 2.32. The maximum Gasteiger partial charge on any atom is 0.256 e. The van der Waals surface area contributed by atoms with Crippen LogP contribution in [0.4, 0.5) is 10.2 Å². The molecule has 0 aliphatic carbocycles. The van der Waals surface area contributed by atoms with E-state index in [2.05, 4.69) is 11.5 Å². The first-order valence-electron chi connectivity index (χ1n) is 7.32. The number of amides is 1. The second-order valence-corrected chi connectivity index (χ2v) is 5.36. The summed E-state index contributed by atoms with van der Waals surface area (Å²) in [4.78, 5) is 19.7. The quantitative estimate of drug-likeness (QED) is 0.849. The Bertz CT molecular complexity index is 564. The van der Waals surface area contributed by atoms with Crippen LogP contribution >= 0.6 is 0 Å². The third-order valence-electron chi connectivity index (χ3n) is 3.99. The van der Waals surface area contributed by atoms with Crippen LogP contribution in [0.25, 0.3) is 0 Å². The van der Waals surface area contributed by atoms with Crippen LogP contribution in [0.3, 0.4) is 0 Å². The second-order valence-electron chi connectivity index (χ2n) is 5.36. The van der Waals surface area contributed by atoms with Gasteiger partial charge in [-0.1, -0.05) is 19.4 Å². The number of nitrogens with zero attached hydrogens (tertiary/aromatic N) is 2. The van der Waals surface area contributed by atoms with Crippen LogP contribution in [0.1, 0.15) is 30.1 Å². The summed E-state index contributed by atoms with van der Waals surface area (Å²) in [5.74, 6) is -0.218. The van der Waals surface area contributed by atoms with E-state index >= 15 is 0 Å². The molecule has 0 saturated carbocycles. The van der Waals surface area contributed by atoms with Crippen molar-refractivity contribution in [2.45, 2.75) is 32.0 Å². The smallest absolute Gasteiger partial charge is 0.256 e. The second kappa shape index (κ2) is 6.79. The summed E-state index contributed by atoms with van der Waals surface area (Å²) in [6.45, 7) is 6.29. The molecule has 1 aromatic carbocycles. The van der Waals surface area contributed by atoms with Crippen molar-refractivity contribution in [2.75, 3.05) is 18.5 Å². The maximum absolute atomic E-state index is 12.8. The Balaban J connectivity index is 2.51. The van der Waals surface area contributed by atoms with Crippen molar-refractivity contribution in [2.24, 2.45) is 0 Å². The molecule has 1 heterocycles. The topological polar surface area (TPSA) is 53.0 Å². The lowest BCUT2D eigenvalue weighted by atomic mass is 10.1. The fourth-order valence-corrected chi connectivity index (χ4v) is 2.68. The van der Waals surface area contributed by atoms with Crippen LogP contribution in [0.5, 0.6) is 5.75 Å². The van der Waals surface area contributed by atoms with E-state index in [1.54, 1.807) is 18.0 Å². The molecular weight excluding hydrogens is 287 g/mol. The zero-order valence-electron chi connectivity index (χ0n) is 12.8. The molecule has 1 aliphatic rings. The fraction of sp³-hybridized carbons (Fsp3) is 0.438. The Labute approximate surface area is 129 Å². The highest BCUT2D eigenvalue weighted by Gasteiger charge is 2.36. The monoisotopic (exact) mass is 308 g/mol. The highest BCUT2D eigenvalue weighted by atomic mass is 19.3. The van der Waals surface area contributed by atoms with E-state index in [4.69, 9.17) is 0 Å². The third-order valence-corrected chi connectivity index (χ3v) is 3.99.